The molecule has 1 saturated carbocycles. The van der Waals surface area contributed by atoms with Gasteiger partial charge in [0.05, 0.1) is 5.56 Å². The van der Waals surface area contributed by atoms with Crippen molar-refractivity contribution >= 4 is 13.3 Å². The summed E-state index contributed by atoms with van der Waals surface area (Å²) in [7, 11) is -2.51. The topological polar surface area (TPSA) is 37.3 Å². The average molecular weight is 267 g/mol. The Bertz CT molecular complexity index is 465. The van der Waals surface area contributed by atoms with Crippen LogP contribution in [0.4, 0.5) is 4.39 Å². The summed E-state index contributed by atoms with van der Waals surface area (Å²) >= 11 is 0. The first-order valence-corrected chi connectivity index (χ1v) is 7.52. The second kappa shape index (κ2) is 6.21. The Hall–Kier alpha value is -1.05. The fourth-order valence-corrected chi connectivity index (χ4v) is 3.18. The van der Waals surface area contributed by atoms with E-state index < -0.39 is 13.8 Å². The van der Waals surface area contributed by atoms with Gasteiger partial charge in [0.15, 0.2) is 0 Å². The van der Waals surface area contributed by atoms with Gasteiger partial charge in [0.1, 0.15) is 5.82 Å². The lowest BCUT2D eigenvalue weighted by molar-refractivity contribution is 0.420. The van der Waals surface area contributed by atoms with Gasteiger partial charge in [-0.1, -0.05) is 31.4 Å². The Balaban J connectivity index is 2.31. The van der Waals surface area contributed by atoms with E-state index in [1.54, 1.807) is 24.3 Å². The molecule has 96 valence electrons. The Kier molecular flexibility index (Phi) is 4.62. The van der Waals surface area contributed by atoms with Crippen molar-refractivity contribution in [1.29, 1.82) is 0 Å². The second-order valence-corrected chi connectivity index (χ2v) is 5.73. The predicted molar refractivity (Wildman–Crippen MR) is 70.8 cm³/mol. The minimum atomic E-state index is -2.51. The van der Waals surface area contributed by atoms with Crippen LogP contribution in [0, 0.1) is 11.7 Å². The van der Waals surface area contributed by atoms with Crippen LogP contribution < -0.4 is 0 Å². The molecule has 0 saturated heterocycles. The van der Waals surface area contributed by atoms with Crippen LogP contribution >= 0.6 is 8.03 Å². The molecular formula is C14H17FO2P+. The highest BCUT2D eigenvalue weighted by atomic mass is 31.1. The van der Waals surface area contributed by atoms with Gasteiger partial charge in [-0.2, -0.15) is 4.89 Å². The molecule has 1 unspecified atom stereocenters. The third kappa shape index (κ3) is 3.24. The van der Waals surface area contributed by atoms with E-state index in [9.17, 15) is 13.8 Å². The molecule has 4 heteroatoms. The summed E-state index contributed by atoms with van der Waals surface area (Å²) < 4.78 is 25.1. The zero-order valence-corrected chi connectivity index (χ0v) is 11.1. The maximum atomic E-state index is 13.7. The van der Waals surface area contributed by atoms with Crippen LogP contribution in [0.5, 0.6) is 0 Å². The fourth-order valence-electron chi connectivity index (χ4n) is 2.45. The van der Waals surface area contributed by atoms with E-state index in [4.69, 9.17) is 0 Å². The lowest BCUT2D eigenvalue weighted by atomic mass is 9.88. The normalized spacial score (nSPS) is 18.8. The minimum absolute atomic E-state index is 0.245. The van der Waals surface area contributed by atoms with E-state index >= 15 is 0 Å². The lowest BCUT2D eigenvalue weighted by Crippen LogP contribution is -2.03. The number of benzene rings is 1. The highest BCUT2D eigenvalue weighted by Gasteiger charge is 2.27. The van der Waals surface area contributed by atoms with Crippen molar-refractivity contribution in [3.8, 4) is 0 Å². The average Bonchev–Trinajstić information content (AvgIpc) is 2.38. The van der Waals surface area contributed by atoms with Crippen LogP contribution in [0.2, 0.25) is 0 Å². The van der Waals surface area contributed by atoms with E-state index in [-0.39, 0.29) is 10.9 Å². The molecule has 0 bridgehead atoms. The SMILES string of the molecule is O=[P+](O)C(=CC1CCCCC1)c1ccccc1F. The number of allylic oxidation sites excluding steroid dienone is 1. The number of hydrogen-bond acceptors (Lipinski definition) is 1. The van der Waals surface area contributed by atoms with Crippen LogP contribution in [-0.4, -0.2) is 4.89 Å². The maximum Gasteiger partial charge on any atom is 0.546 e. The van der Waals surface area contributed by atoms with Gasteiger partial charge in [0, 0.05) is 0 Å². The van der Waals surface area contributed by atoms with Gasteiger partial charge in [-0.05, 0) is 41.5 Å². The predicted octanol–water partition coefficient (Wildman–Crippen LogP) is 4.48. The monoisotopic (exact) mass is 267 g/mol. The molecule has 18 heavy (non-hydrogen) atoms. The van der Waals surface area contributed by atoms with Gasteiger partial charge in [0.2, 0.25) is 5.31 Å². The third-order valence-electron chi connectivity index (χ3n) is 3.40. The smallest absolute Gasteiger partial charge is 0.206 e. The summed E-state index contributed by atoms with van der Waals surface area (Å²) in [5.41, 5.74) is 0.256. The van der Waals surface area contributed by atoms with Crippen molar-refractivity contribution in [1.82, 2.24) is 0 Å². The number of rotatable bonds is 3. The van der Waals surface area contributed by atoms with E-state index in [0.717, 1.165) is 25.7 Å². The first-order chi connectivity index (χ1) is 8.68. The molecule has 2 rings (SSSR count). The lowest BCUT2D eigenvalue weighted by Gasteiger charge is -2.17. The van der Waals surface area contributed by atoms with E-state index in [1.807, 2.05) is 0 Å². The molecule has 0 aliphatic heterocycles. The molecule has 1 aliphatic carbocycles. The van der Waals surface area contributed by atoms with Crippen LogP contribution in [0.25, 0.3) is 5.31 Å². The molecule has 0 radical (unpaired) electrons. The first-order valence-electron chi connectivity index (χ1n) is 6.31. The quantitative estimate of drug-likeness (QED) is 0.820. The Morgan fingerprint density at radius 3 is 2.56 bits per heavy atom. The summed E-state index contributed by atoms with van der Waals surface area (Å²) in [6.07, 6.45) is 7.38. The highest BCUT2D eigenvalue weighted by molar-refractivity contribution is 7.50. The molecule has 1 aromatic rings. The van der Waals surface area contributed by atoms with Crippen molar-refractivity contribution in [2.24, 2.45) is 5.92 Å². The van der Waals surface area contributed by atoms with E-state index in [1.165, 1.54) is 12.5 Å². The standard InChI is InChI=1S/C14H16FO2P/c15-13-9-5-4-8-12(13)14(18(16)17)10-11-6-2-1-3-7-11/h4-5,8-11H,1-3,6-7H2/p+1. The van der Waals surface area contributed by atoms with Gasteiger partial charge in [-0.25, -0.2) is 4.39 Å². The van der Waals surface area contributed by atoms with Crippen molar-refractivity contribution in [2.75, 3.05) is 0 Å². The molecule has 2 nitrogen and oxygen atoms in total. The van der Waals surface area contributed by atoms with Gasteiger partial charge >= 0.3 is 8.03 Å². The molecule has 1 aliphatic rings. The molecule has 0 amide bonds. The first kappa shape index (κ1) is 13.4. The van der Waals surface area contributed by atoms with E-state index in [2.05, 4.69) is 0 Å². The zero-order valence-electron chi connectivity index (χ0n) is 10.2. The highest BCUT2D eigenvalue weighted by Crippen LogP contribution is 2.40. The molecule has 1 aromatic carbocycles. The van der Waals surface area contributed by atoms with Gasteiger partial charge in [-0.15, -0.1) is 0 Å². The molecule has 0 spiro atoms. The van der Waals surface area contributed by atoms with Gasteiger partial charge in [0.25, 0.3) is 0 Å². The van der Waals surface area contributed by atoms with Crippen LogP contribution in [0.3, 0.4) is 0 Å². The number of hydrogen-bond donors (Lipinski definition) is 1. The zero-order chi connectivity index (χ0) is 13.0. The maximum absolute atomic E-state index is 13.7. The largest absolute Gasteiger partial charge is 0.546 e. The summed E-state index contributed by atoms with van der Waals surface area (Å²) in [6, 6.07) is 6.16. The van der Waals surface area contributed by atoms with E-state index in [0.29, 0.717) is 5.92 Å². The summed E-state index contributed by atoms with van der Waals surface area (Å²) in [5, 5.41) is 0.245. The molecule has 1 N–H and O–H groups in total. The third-order valence-corrected chi connectivity index (χ3v) is 4.20. The molecular weight excluding hydrogens is 250 g/mol. The summed E-state index contributed by atoms with van der Waals surface area (Å²) in [4.78, 5) is 9.39. The molecule has 0 heterocycles. The molecule has 1 fully saturated rings. The minimum Gasteiger partial charge on any atom is -0.206 e. The Morgan fingerprint density at radius 1 is 1.28 bits per heavy atom. The van der Waals surface area contributed by atoms with Crippen LogP contribution in [-0.2, 0) is 4.57 Å². The summed E-state index contributed by atoms with van der Waals surface area (Å²) in [6.45, 7) is 0. The fraction of sp³-hybridized carbons (Fsp3) is 0.429. The second-order valence-electron chi connectivity index (χ2n) is 4.70. The Morgan fingerprint density at radius 2 is 1.94 bits per heavy atom. The van der Waals surface area contributed by atoms with Gasteiger partial charge in [-0.3, -0.25) is 0 Å². The van der Waals surface area contributed by atoms with Crippen molar-refractivity contribution in [3.63, 3.8) is 0 Å². The van der Waals surface area contributed by atoms with Crippen LogP contribution in [0.15, 0.2) is 30.3 Å². The number of halogens is 1. The molecule has 1 atom stereocenters. The van der Waals surface area contributed by atoms with Crippen molar-refractivity contribution < 1.29 is 13.8 Å². The van der Waals surface area contributed by atoms with Gasteiger partial charge < -0.3 is 0 Å². The van der Waals surface area contributed by atoms with Crippen molar-refractivity contribution in [2.45, 2.75) is 32.1 Å². The van der Waals surface area contributed by atoms with Crippen molar-refractivity contribution in [3.05, 3.63) is 41.7 Å². The summed E-state index contributed by atoms with van der Waals surface area (Å²) in [5.74, 6) is -0.128. The van der Waals surface area contributed by atoms with Crippen LogP contribution in [0.1, 0.15) is 37.7 Å². The molecule has 0 aromatic heterocycles. The Labute approximate surface area is 107 Å².